The standard InChI is InChI=1S/C13H20ClNO2S/c1-10-5-6-13(12(3)7-10)15(4)18(16,17)9-11(2)8-14/h5-7,11H,8-9H2,1-4H3. The van der Waals surface area contributed by atoms with Gasteiger partial charge < -0.3 is 0 Å². The van der Waals surface area contributed by atoms with Gasteiger partial charge in [0, 0.05) is 12.9 Å². The summed E-state index contributed by atoms with van der Waals surface area (Å²) in [6.45, 7) is 5.74. The molecule has 3 nitrogen and oxygen atoms in total. The first-order valence-electron chi connectivity index (χ1n) is 5.87. The first-order valence-corrected chi connectivity index (χ1v) is 8.02. The lowest BCUT2D eigenvalue weighted by molar-refractivity contribution is 0.581. The molecule has 0 amide bonds. The summed E-state index contributed by atoms with van der Waals surface area (Å²) in [6, 6.07) is 5.74. The maximum absolute atomic E-state index is 12.2. The van der Waals surface area contributed by atoms with Crippen LogP contribution >= 0.6 is 11.6 Å². The normalized spacial score (nSPS) is 13.4. The zero-order chi connectivity index (χ0) is 13.9. The minimum absolute atomic E-state index is 0.0510. The summed E-state index contributed by atoms with van der Waals surface area (Å²) in [5.41, 5.74) is 2.80. The van der Waals surface area contributed by atoms with Gasteiger partial charge in [-0.3, -0.25) is 4.31 Å². The molecule has 1 aromatic carbocycles. The van der Waals surface area contributed by atoms with Crippen LogP contribution in [0.1, 0.15) is 18.1 Å². The molecule has 1 atom stereocenters. The molecule has 0 aromatic heterocycles. The second kappa shape index (κ2) is 5.93. The van der Waals surface area contributed by atoms with Crippen LogP contribution in [0.5, 0.6) is 0 Å². The van der Waals surface area contributed by atoms with Gasteiger partial charge in [-0.1, -0.05) is 24.6 Å². The summed E-state index contributed by atoms with van der Waals surface area (Å²) in [5, 5.41) is 0. The summed E-state index contributed by atoms with van der Waals surface area (Å²) in [5.74, 6) is 0.366. The minimum Gasteiger partial charge on any atom is -0.273 e. The third-order valence-electron chi connectivity index (χ3n) is 2.87. The Morgan fingerprint density at radius 2 is 1.94 bits per heavy atom. The molecule has 1 aromatic rings. The number of halogens is 1. The van der Waals surface area contributed by atoms with Crippen LogP contribution < -0.4 is 4.31 Å². The van der Waals surface area contributed by atoms with Crippen LogP contribution in [-0.4, -0.2) is 27.1 Å². The van der Waals surface area contributed by atoms with E-state index in [1.165, 1.54) is 4.31 Å². The van der Waals surface area contributed by atoms with E-state index in [1.54, 1.807) is 7.05 Å². The van der Waals surface area contributed by atoms with Crippen molar-refractivity contribution in [3.63, 3.8) is 0 Å². The average Bonchev–Trinajstić information content (AvgIpc) is 2.27. The molecule has 0 aliphatic heterocycles. The summed E-state index contributed by atoms with van der Waals surface area (Å²) < 4.78 is 25.8. The van der Waals surface area contributed by atoms with Crippen molar-refractivity contribution in [1.82, 2.24) is 0 Å². The lowest BCUT2D eigenvalue weighted by atomic mass is 10.1. The van der Waals surface area contributed by atoms with Crippen molar-refractivity contribution >= 4 is 27.3 Å². The van der Waals surface area contributed by atoms with Crippen LogP contribution in [0.25, 0.3) is 0 Å². The molecule has 0 aliphatic rings. The van der Waals surface area contributed by atoms with Gasteiger partial charge >= 0.3 is 0 Å². The van der Waals surface area contributed by atoms with Crippen LogP contribution in [0.15, 0.2) is 18.2 Å². The Labute approximate surface area is 115 Å². The molecule has 0 radical (unpaired) electrons. The molecular weight excluding hydrogens is 270 g/mol. The summed E-state index contributed by atoms with van der Waals surface area (Å²) in [7, 11) is -1.72. The molecule has 0 saturated carbocycles. The molecule has 0 bridgehead atoms. The van der Waals surface area contributed by atoms with Crippen molar-refractivity contribution in [1.29, 1.82) is 0 Å². The minimum atomic E-state index is -3.31. The van der Waals surface area contributed by atoms with E-state index in [9.17, 15) is 8.42 Å². The van der Waals surface area contributed by atoms with Crippen molar-refractivity contribution in [2.75, 3.05) is 23.0 Å². The lowest BCUT2D eigenvalue weighted by Crippen LogP contribution is -2.32. The fourth-order valence-corrected chi connectivity index (χ4v) is 3.63. The van der Waals surface area contributed by atoms with Crippen molar-refractivity contribution < 1.29 is 8.42 Å². The van der Waals surface area contributed by atoms with Gasteiger partial charge in [-0.05, 0) is 31.4 Å². The third kappa shape index (κ3) is 3.62. The second-order valence-corrected chi connectivity index (χ2v) is 7.15. The van der Waals surface area contributed by atoms with Gasteiger partial charge in [-0.25, -0.2) is 8.42 Å². The maximum Gasteiger partial charge on any atom is 0.235 e. The van der Waals surface area contributed by atoms with Crippen molar-refractivity contribution in [2.24, 2.45) is 5.92 Å². The molecule has 0 fully saturated rings. The number of sulfonamides is 1. The van der Waals surface area contributed by atoms with Crippen molar-refractivity contribution in [3.8, 4) is 0 Å². The number of alkyl halides is 1. The number of benzene rings is 1. The molecule has 102 valence electrons. The van der Waals surface area contributed by atoms with Crippen LogP contribution in [0.3, 0.4) is 0 Å². The van der Waals surface area contributed by atoms with Gasteiger partial charge in [-0.15, -0.1) is 11.6 Å². The molecule has 18 heavy (non-hydrogen) atoms. The van der Waals surface area contributed by atoms with E-state index in [1.807, 2.05) is 39.0 Å². The second-order valence-electron chi connectivity index (χ2n) is 4.80. The van der Waals surface area contributed by atoms with Gasteiger partial charge in [0.25, 0.3) is 0 Å². The molecule has 0 N–H and O–H groups in total. The monoisotopic (exact) mass is 289 g/mol. The number of aryl methyl sites for hydroxylation is 2. The zero-order valence-corrected chi connectivity index (χ0v) is 12.8. The molecule has 5 heteroatoms. The Morgan fingerprint density at radius 3 is 2.44 bits per heavy atom. The largest absolute Gasteiger partial charge is 0.273 e. The Hall–Kier alpha value is -0.740. The number of rotatable bonds is 5. The Bertz CT molecular complexity index is 514. The van der Waals surface area contributed by atoms with Gasteiger partial charge in [-0.2, -0.15) is 0 Å². The maximum atomic E-state index is 12.2. The smallest absolute Gasteiger partial charge is 0.235 e. The summed E-state index contributed by atoms with van der Waals surface area (Å²) in [4.78, 5) is 0. The Morgan fingerprint density at radius 1 is 1.33 bits per heavy atom. The Balaban J connectivity index is 3.02. The van der Waals surface area contributed by atoms with Crippen molar-refractivity contribution in [2.45, 2.75) is 20.8 Å². The number of hydrogen-bond donors (Lipinski definition) is 0. The average molecular weight is 290 g/mol. The summed E-state index contributed by atoms with van der Waals surface area (Å²) in [6.07, 6.45) is 0. The van der Waals surface area contributed by atoms with Gasteiger partial charge in [0.15, 0.2) is 0 Å². The highest BCUT2D eigenvalue weighted by Gasteiger charge is 2.22. The van der Waals surface area contributed by atoms with Crippen LogP contribution in [0, 0.1) is 19.8 Å². The number of anilines is 1. The first-order chi connectivity index (χ1) is 8.27. The van der Waals surface area contributed by atoms with E-state index in [2.05, 4.69) is 0 Å². The molecule has 1 unspecified atom stereocenters. The van der Waals surface area contributed by atoms with Gasteiger partial charge in [0.2, 0.25) is 10.0 Å². The van der Waals surface area contributed by atoms with Crippen LogP contribution in [-0.2, 0) is 10.0 Å². The Kier molecular flexibility index (Phi) is 5.05. The van der Waals surface area contributed by atoms with Gasteiger partial charge in [0.1, 0.15) is 0 Å². The predicted octanol–water partition coefficient (Wildman–Crippen LogP) is 2.94. The quantitative estimate of drug-likeness (QED) is 0.782. The molecule has 1 rings (SSSR count). The van der Waals surface area contributed by atoms with Gasteiger partial charge in [0.05, 0.1) is 11.4 Å². The van der Waals surface area contributed by atoms with Crippen molar-refractivity contribution in [3.05, 3.63) is 29.3 Å². The fraction of sp³-hybridized carbons (Fsp3) is 0.538. The van der Waals surface area contributed by atoms with E-state index in [0.717, 1.165) is 16.8 Å². The van der Waals surface area contributed by atoms with E-state index < -0.39 is 10.0 Å². The van der Waals surface area contributed by atoms with E-state index in [0.29, 0.717) is 5.88 Å². The van der Waals surface area contributed by atoms with E-state index in [4.69, 9.17) is 11.6 Å². The third-order valence-corrected chi connectivity index (χ3v) is 5.42. The fourth-order valence-electron chi connectivity index (χ4n) is 1.82. The molecule has 0 spiro atoms. The van der Waals surface area contributed by atoms with E-state index in [-0.39, 0.29) is 11.7 Å². The molecule has 0 saturated heterocycles. The first kappa shape index (κ1) is 15.3. The highest BCUT2D eigenvalue weighted by atomic mass is 35.5. The summed E-state index contributed by atoms with van der Waals surface area (Å²) >= 11 is 5.68. The number of hydrogen-bond acceptors (Lipinski definition) is 2. The molecule has 0 heterocycles. The predicted molar refractivity (Wildman–Crippen MR) is 78.0 cm³/mol. The number of nitrogens with zero attached hydrogens (tertiary/aromatic N) is 1. The highest BCUT2D eigenvalue weighted by molar-refractivity contribution is 7.92. The van der Waals surface area contributed by atoms with Crippen LogP contribution in [0.2, 0.25) is 0 Å². The zero-order valence-electron chi connectivity index (χ0n) is 11.3. The molecular formula is C13H20ClNO2S. The van der Waals surface area contributed by atoms with Crippen LogP contribution in [0.4, 0.5) is 5.69 Å². The highest BCUT2D eigenvalue weighted by Crippen LogP contribution is 2.23. The van der Waals surface area contributed by atoms with E-state index >= 15 is 0 Å². The molecule has 0 aliphatic carbocycles. The SMILES string of the molecule is Cc1ccc(N(C)S(=O)(=O)CC(C)CCl)c(C)c1. The topological polar surface area (TPSA) is 37.4 Å². The lowest BCUT2D eigenvalue weighted by Gasteiger charge is -2.23.